The third-order valence-electron chi connectivity index (χ3n) is 3.06. The van der Waals surface area contributed by atoms with Gasteiger partial charge in [0, 0.05) is 5.92 Å². The summed E-state index contributed by atoms with van der Waals surface area (Å²) in [5.74, 6) is 0.512. The quantitative estimate of drug-likeness (QED) is 0.652. The van der Waals surface area contributed by atoms with Crippen molar-refractivity contribution in [1.29, 1.82) is 0 Å². The Hall–Kier alpha value is -1.54. The summed E-state index contributed by atoms with van der Waals surface area (Å²) in [5, 5.41) is 24.3. The lowest BCUT2D eigenvalue weighted by atomic mass is 9.91. The number of hydrogen-bond donors (Lipinski definition) is 2. The van der Waals surface area contributed by atoms with Crippen LogP contribution in [0.15, 0.2) is 23.2 Å². The van der Waals surface area contributed by atoms with Gasteiger partial charge in [0.1, 0.15) is 17.2 Å². The maximum Gasteiger partial charge on any atom is 0.207 e. The molecule has 100 valence electrons. The maximum atomic E-state index is 4.05. The molecule has 8 heteroatoms. The number of nitrogens with zero attached hydrogens (tertiary/aromatic N) is 4. The number of anilines is 2. The van der Waals surface area contributed by atoms with Gasteiger partial charge in [0.25, 0.3) is 0 Å². The summed E-state index contributed by atoms with van der Waals surface area (Å²) in [6, 6.07) is 0. The number of hydrogen-bond acceptors (Lipinski definition) is 8. The second-order valence-corrected chi connectivity index (χ2v) is 5.97. The largest absolute Gasteiger partial charge is 0.340 e. The predicted octanol–water partition coefficient (Wildman–Crippen LogP) is 2.60. The van der Waals surface area contributed by atoms with Crippen LogP contribution in [0, 0.1) is 5.92 Å². The minimum absolute atomic E-state index is 0.103. The van der Waals surface area contributed by atoms with Gasteiger partial charge in [0.05, 0.1) is 0 Å². The summed E-state index contributed by atoms with van der Waals surface area (Å²) < 4.78 is 0. The molecule has 6 nitrogen and oxygen atoms in total. The van der Waals surface area contributed by atoms with Crippen LogP contribution >= 0.6 is 22.7 Å². The molecule has 0 fully saturated rings. The summed E-state index contributed by atoms with van der Waals surface area (Å²) in [7, 11) is 0. The van der Waals surface area contributed by atoms with Crippen molar-refractivity contribution in [2.24, 2.45) is 5.92 Å². The van der Waals surface area contributed by atoms with Gasteiger partial charge in [-0.15, -0.1) is 20.4 Å². The molecule has 0 saturated heterocycles. The molecule has 3 rings (SSSR count). The fourth-order valence-electron chi connectivity index (χ4n) is 2.13. The van der Waals surface area contributed by atoms with Gasteiger partial charge >= 0.3 is 0 Å². The topological polar surface area (TPSA) is 75.6 Å². The maximum absolute atomic E-state index is 4.05. The average Bonchev–Trinajstić information content (AvgIpc) is 3.12. The van der Waals surface area contributed by atoms with Crippen molar-refractivity contribution in [3.05, 3.63) is 23.2 Å². The Kier molecular flexibility index (Phi) is 3.99. The fourth-order valence-corrected chi connectivity index (χ4v) is 3.10. The molecule has 0 aliphatic heterocycles. The van der Waals surface area contributed by atoms with Crippen molar-refractivity contribution in [2.75, 3.05) is 10.6 Å². The molecule has 1 aliphatic rings. The summed E-state index contributed by atoms with van der Waals surface area (Å²) >= 11 is 3.01. The van der Waals surface area contributed by atoms with Crippen LogP contribution < -0.4 is 10.6 Å². The van der Waals surface area contributed by atoms with Gasteiger partial charge in [-0.1, -0.05) is 34.8 Å². The molecule has 0 spiro atoms. The third-order valence-corrected chi connectivity index (χ3v) is 4.30. The molecule has 0 saturated carbocycles. The Labute approximate surface area is 119 Å². The van der Waals surface area contributed by atoms with Crippen molar-refractivity contribution >= 4 is 32.9 Å². The minimum Gasteiger partial charge on any atom is -0.340 e. The van der Waals surface area contributed by atoms with Gasteiger partial charge in [-0.25, -0.2) is 0 Å². The molecule has 0 aromatic carbocycles. The number of aromatic nitrogens is 4. The van der Waals surface area contributed by atoms with E-state index in [1.54, 1.807) is 11.0 Å². The van der Waals surface area contributed by atoms with Crippen molar-refractivity contribution < 1.29 is 0 Å². The first kappa shape index (κ1) is 12.5. The van der Waals surface area contributed by atoms with Crippen LogP contribution in [0.1, 0.15) is 19.3 Å². The molecular weight excluding hydrogens is 280 g/mol. The van der Waals surface area contributed by atoms with Crippen LogP contribution in [0.25, 0.3) is 0 Å². The highest BCUT2D eigenvalue weighted by Gasteiger charge is 2.23. The van der Waals surface area contributed by atoms with E-state index in [2.05, 4.69) is 43.2 Å². The highest BCUT2D eigenvalue weighted by atomic mass is 32.1. The van der Waals surface area contributed by atoms with E-state index in [4.69, 9.17) is 0 Å². The molecule has 0 bridgehead atoms. The fraction of sp³-hybridized carbons (Fsp3) is 0.455. The average molecular weight is 294 g/mol. The van der Waals surface area contributed by atoms with Crippen molar-refractivity contribution in [2.45, 2.75) is 25.4 Å². The van der Waals surface area contributed by atoms with E-state index in [1.165, 1.54) is 22.7 Å². The number of nitrogens with one attached hydrogen (secondary N) is 2. The Morgan fingerprint density at radius 3 is 2.21 bits per heavy atom. The van der Waals surface area contributed by atoms with Crippen molar-refractivity contribution in [1.82, 2.24) is 20.4 Å². The summed E-state index contributed by atoms with van der Waals surface area (Å²) in [6.45, 7) is 0. The van der Waals surface area contributed by atoms with Crippen LogP contribution in [0.2, 0.25) is 0 Å². The normalized spacial score (nSPS) is 18.7. The molecule has 1 atom stereocenters. The number of rotatable bonds is 5. The highest BCUT2D eigenvalue weighted by molar-refractivity contribution is 7.13. The van der Waals surface area contributed by atoms with Gasteiger partial charge in [0.15, 0.2) is 0 Å². The zero-order chi connectivity index (χ0) is 12.9. The molecule has 1 aliphatic carbocycles. The molecule has 2 N–H and O–H groups in total. The molecule has 2 heterocycles. The van der Waals surface area contributed by atoms with Gasteiger partial charge in [0.2, 0.25) is 10.3 Å². The van der Waals surface area contributed by atoms with E-state index in [9.17, 15) is 0 Å². The number of allylic oxidation sites excluding steroid dienone is 2. The zero-order valence-corrected chi connectivity index (χ0v) is 11.8. The smallest absolute Gasteiger partial charge is 0.207 e. The monoisotopic (exact) mass is 294 g/mol. The van der Waals surface area contributed by atoms with Gasteiger partial charge in [-0.2, -0.15) is 0 Å². The molecule has 2 aromatic heterocycles. The van der Waals surface area contributed by atoms with E-state index in [-0.39, 0.29) is 6.17 Å². The van der Waals surface area contributed by atoms with Crippen molar-refractivity contribution in [3.63, 3.8) is 0 Å². The molecule has 2 aromatic rings. The van der Waals surface area contributed by atoms with Gasteiger partial charge in [-0.3, -0.25) is 0 Å². The molecule has 0 amide bonds. The van der Waals surface area contributed by atoms with Gasteiger partial charge < -0.3 is 10.6 Å². The Bertz CT molecular complexity index is 473. The second-order valence-electron chi connectivity index (χ2n) is 4.30. The lowest BCUT2D eigenvalue weighted by Crippen LogP contribution is -2.37. The minimum atomic E-state index is 0.103. The van der Waals surface area contributed by atoms with Crippen LogP contribution in [0.3, 0.4) is 0 Å². The SMILES string of the molecule is C1=CC[C@H](C(Nc2nncs2)Nc2nncs2)CC1. The van der Waals surface area contributed by atoms with E-state index in [1.807, 2.05) is 0 Å². The Morgan fingerprint density at radius 1 is 1.05 bits per heavy atom. The predicted molar refractivity (Wildman–Crippen MR) is 77.3 cm³/mol. The summed E-state index contributed by atoms with van der Waals surface area (Å²) in [5.41, 5.74) is 3.45. The lowest BCUT2D eigenvalue weighted by molar-refractivity contribution is 0.434. The molecular formula is C11H14N6S2. The van der Waals surface area contributed by atoms with Gasteiger partial charge in [-0.05, 0) is 19.3 Å². The molecule has 19 heavy (non-hydrogen) atoms. The van der Waals surface area contributed by atoms with Crippen LogP contribution in [0.5, 0.6) is 0 Å². The van der Waals surface area contributed by atoms with E-state index in [0.29, 0.717) is 5.92 Å². The Balaban J connectivity index is 1.72. The first-order chi connectivity index (χ1) is 9.42. The van der Waals surface area contributed by atoms with Crippen molar-refractivity contribution in [3.8, 4) is 0 Å². The first-order valence-corrected chi connectivity index (χ1v) is 7.88. The van der Waals surface area contributed by atoms with Crippen LogP contribution in [-0.2, 0) is 0 Å². The van der Waals surface area contributed by atoms with Crippen LogP contribution in [-0.4, -0.2) is 26.6 Å². The zero-order valence-electron chi connectivity index (χ0n) is 10.2. The van der Waals surface area contributed by atoms with E-state index < -0.39 is 0 Å². The highest BCUT2D eigenvalue weighted by Crippen LogP contribution is 2.26. The second kappa shape index (κ2) is 6.07. The third kappa shape index (κ3) is 3.27. The summed E-state index contributed by atoms with van der Waals surface area (Å²) in [6.07, 6.45) is 7.91. The summed E-state index contributed by atoms with van der Waals surface area (Å²) in [4.78, 5) is 0. The van der Waals surface area contributed by atoms with E-state index >= 15 is 0 Å². The first-order valence-electron chi connectivity index (χ1n) is 6.12. The lowest BCUT2D eigenvalue weighted by Gasteiger charge is -2.29. The molecule has 0 unspecified atom stereocenters. The van der Waals surface area contributed by atoms with E-state index in [0.717, 1.165) is 29.5 Å². The molecule has 0 radical (unpaired) electrons. The standard InChI is InChI=1S/C11H14N6S2/c1-2-4-8(5-3-1)9(14-10-16-12-6-18-10)15-11-17-13-7-19-11/h1-2,6-9H,3-5H2,(H,14,16)(H,15,17)/t8-/m0/s1. The van der Waals surface area contributed by atoms with Crippen LogP contribution in [0.4, 0.5) is 10.3 Å². The Morgan fingerprint density at radius 2 is 1.74 bits per heavy atom.